The minimum Gasteiger partial charge on any atom is -0.368 e. The summed E-state index contributed by atoms with van der Waals surface area (Å²) in [5.41, 5.74) is 0.589. The zero-order valence-corrected chi connectivity index (χ0v) is 11.7. The van der Waals surface area contributed by atoms with Gasteiger partial charge in [0.25, 0.3) is 5.89 Å². The van der Waals surface area contributed by atoms with E-state index in [1.54, 1.807) is 12.1 Å². The number of nitrogens with zero attached hydrogens (tertiary/aromatic N) is 2. The third-order valence-corrected chi connectivity index (χ3v) is 3.72. The molecule has 6 heteroatoms. The number of hydrogen-bond donors (Lipinski definition) is 0. The van der Waals surface area contributed by atoms with Gasteiger partial charge in [-0.15, -0.1) is 0 Å². The van der Waals surface area contributed by atoms with Crippen LogP contribution in [0.25, 0.3) is 11.4 Å². The van der Waals surface area contributed by atoms with Crippen molar-refractivity contribution in [2.24, 2.45) is 0 Å². The lowest BCUT2D eigenvalue weighted by Crippen LogP contribution is -2.11. The van der Waals surface area contributed by atoms with Gasteiger partial charge in [-0.2, -0.15) is 4.98 Å². The maximum absolute atomic E-state index is 13.5. The van der Waals surface area contributed by atoms with E-state index < -0.39 is 0 Å². The molecule has 1 aliphatic heterocycles. The van der Waals surface area contributed by atoms with Crippen molar-refractivity contribution >= 4 is 15.9 Å². The molecule has 1 fully saturated rings. The fraction of sp³-hybridized carbons (Fsp3) is 0.385. The van der Waals surface area contributed by atoms with Crippen LogP contribution in [-0.4, -0.2) is 16.7 Å². The predicted molar refractivity (Wildman–Crippen MR) is 69.9 cm³/mol. The Morgan fingerprint density at radius 3 is 2.95 bits per heavy atom. The Balaban J connectivity index is 1.85. The highest BCUT2D eigenvalue weighted by Crippen LogP contribution is 2.29. The summed E-state index contributed by atoms with van der Waals surface area (Å²) in [5, 5.41) is 3.88. The molecule has 19 heavy (non-hydrogen) atoms. The molecule has 0 aliphatic carbocycles. The number of aromatic nitrogens is 2. The molecule has 1 aliphatic rings. The van der Waals surface area contributed by atoms with E-state index in [1.807, 2.05) is 0 Å². The Hall–Kier alpha value is -1.27. The molecule has 0 radical (unpaired) electrons. The summed E-state index contributed by atoms with van der Waals surface area (Å²) in [4.78, 5) is 4.29. The number of ether oxygens (including phenoxy) is 1. The molecule has 0 bridgehead atoms. The lowest BCUT2D eigenvalue weighted by atomic mass is 10.1. The number of rotatable bonds is 2. The first-order valence-corrected chi connectivity index (χ1v) is 6.94. The lowest BCUT2D eigenvalue weighted by Gasteiger charge is -2.18. The van der Waals surface area contributed by atoms with Crippen LogP contribution < -0.4 is 0 Å². The molecule has 3 rings (SSSR count). The predicted octanol–water partition coefficient (Wildman–Crippen LogP) is 3.88. The molecule has 4 nitrogen and oxygen atoms in total. The first-order valence-electron chi connectivity index (χ1n) is 6.14. The highest BCUT2D eigenvalue weighted by Gasteiger charge is 2.22. The van der Waals surface area contributed by atoms with Crippen LogP contribution in [0.5, 0.6) is 0 Å². The fourth-order valence-corrected chi connectivity index (χ4v) is 2.30. The summed E-state index contributed by atoms with van der Waals surface area (Å²) in [6.45, 7) is 0.718. The van der Waals surface area contributed by atoms with Gasteiger partial charge < -0.3 is 9.26 Å². The minimum absolute atomic E-state index is 0.129. The van der Waals surface area contributed by atoms with Gasteiger partial charge in [0.15, 0.2) is 0 Å². The summed E-state index contributed by atoms with van der Waals surface area (Å²) in [6.07, 6.45) is 2.91. The van der Waals surface area contributed by atoms with Crippen molar-refractivity contribution < 1.29 is 13.7 Å². The van der Waals surface area contributed by atoms with E-state index >= 15 is 0 Å². The van der Waals surface area contributed by atoms with Gasteiger partial charge in [-0.1, -0.05) is 5.16 Å². The van der Waals surface area contributed by atoms with Crippen LogP contribution in [-0.2, 0) is 4.74 Å². The topological polar surface area (TPSA) is 48.2 Å². The summed E-state index contributed by atoms with van der Waals surface area (Å²) in [6, 6.07) is 4.74. The van der Waals surface area contributed by atoms with E-state index in [9.17, 15) is 4.39 Å². The Kier molecular flexibility index (Phi) is 3.61. The number of hydrogen-bond acceptors (Lipinski definition) is 4. The van der Waals surface area contributed by atoms with Gasteiger partial charge >= 0.3 is 0 Å². The number of benzene rings is 1. The standard InChI is InChI=1S/C13H12BrFN2O2/c14-9-5-4-8(7-10(9)15)12-16-13(19-17-12)11-3-1-2-6-18-11/h4-5,7,11H,1-3,6H2. The van der Waals surface area contributed by atoms with E-state index in [-0.39, 0.29) is 11.9 Å². The molecule has 1 atom stereocenters. The quantitative estimate of drug-likeness (QED) is 0.840. The molecular formula is C13H12BrFN2O2. The van der Waals surface area contributed by atoms with Crippen LogP contribution in [0.2, 0.25) is 0 Å². The van der Waals surface area contributed by atoms with Crippen LogP contribution in [0, 0.1) is 5.82 Å². The van der Waals surface area contributed by atoms with Gasteiger partial charge in [0, 0.05) is 12.2 Å². The second kappa shape index (κ2) is 5.38. The second-order valence-electron chi connectivity index (χ2n) is 4.44. The summed E-state index contributed by atoms with van der Waals surface area (Å²) < 4.78 is 24.7. The summed E-state index contributed by atoms with van der Waals surface area (Å²) in [5.74, 6) is 0.506. The van der Waals surface area contributed by atoms with Gasteiger partial charge in [0.05, 0.1) is 4.47 Å². The van der Waals surface area contributed by atoms with Gasteiger partial charge in [-0.05, 0) is 53.4 Å². The van der Waals surface area contributed by atoms with E-state index in [1.165, 1.54) is 6.07 Å². The monoisotopic (exact) mass is 326 g/mol. The normalized spacial score (nSPS) is 19.6. The van der Waals surface area contributed by atoms with E-state index in [0.717, 1.165) is 25.9 Å². The smallest absolute Gasteiger partial charge is 0.256 e. The van der Waals surface area contributed by atoms with Gasteiger partial charge in [-0.3, -0.25) is 0 Å². The maximum Gasteiger partial charge on any atom is 0.256 e. The molecule has 0 spiro atoms. The van der Waals surface area contributed by atoms with Crippen molar-refractivity contribution in [1.29, 1.82) is 0 Å². The fourth-order valence-electron chi connectivity index (χ4n) is 2.05. The Morgan fingerprint density at radius 2 is 2.21 bits per heavy atom. The van der Waals surface area contributed by atoms with Crippen molar-refractivity contribution in [2.45, 2.75) is 25.4 Å². The van der Waals surface area contributed by atoms with Crippen LogP contribution in [0.1, 0.15) is 31.3 Å². The largest absolute Gasteiger partial charge is 0.368 e. The minimum atomic E-state index is -0.349. The van der Waals surface area contributed by atoms with Crippen molar-refractivity contribution in [3.8, 4) is 11.4 Å². The van der Waals surface area contributed by atoms with Gasteiger partial charge in [0.1, 0.15) is 11.9 Å². The van der Waals surface area contributed by atoms with Crippen LogP contribution in [0.3, 0.4) is 0 Å². The van der Waals surface area contributed by atoms with Crippen LogP contribution in [0.4, 0.5) is 4.39 Å². The summed E-state index contributed by atoms with van der Waals surface area (Å²) in [7, 11) is 0. The van der Waals surface area contributed by atoms with Crippen molar-refractivity contribution in [1.82, 2.24) is 10.1 Å². The van der Waals surface area contributed by atoms with Gasteiger partial charge in [-0.25, -0.2) is 4.39 Å². The first kappa shape index (κ1) is 12.7. The molecule has 100 valence electrons. The maximum atomic E-state index is 13.5. The number of halogens is 2. The molecule has 1 aromatic carbocycles. The van der Waals surface area contributed by atoms with E-state index in [4.69, 9.17) is 9.26 Å². The van der Waals surface area contributed by atoms with E-state index in [0.29, 0.717) is 21.8 Å². The lowest BCUT2D eigenvalue weighted by molar-refractivity contribution is -0.00459. The molecule has 1 aromatic heterocycles. The second-order valence-corrected chi connectivity index (χ2v) is 5.29. The van der Waals surface area contributed by atoms with Crippen molar-refractivity contribution in [3.05, 3.63) is 34.4 Å². The van der Waals surface area contributed by atoms with Crippen molar-refractivity contribution in [3.63, 3.8) is 0 Å². The Labute approximate surface area is 118 Å². The first-order chi connectivity index (χ1) is 9.24. The summed E-state index contributed by atoms with van der Waals surface area (Å²) >= 11 is 3.11. The molecule has 2 aromatic rings. The highest BCUT2D eigenvalue weighted by atomic mass is 79.9. The molecular weight excluding hydrogens is 315 g/mol. The third-order valence-electron chi connectivity index (χ3n) is 3.07. The highest BCUT2D eigenvalue weighted by molar-refractivity contribution is 9.10. The van der Waals surface area contributed by atoms with E-state index in [2.05, 4.69) is 26.1 Å². The molecule has 1 unspecified atom stereocenters. The molecule has 0 saturated carbocycles. The molecule has 2 heterocycles. The van der Waals surface area contributed by atoms with Gasteiger partial charge in [0.2, 0.25) is 5.82 Å². The zero-order chi connectivity index (χ0) is 13.2. The third kappa shape index (κ3) is 2.69. The van der Waals surface area contributed by atoms with Crippen molar-refractivity contribution in [2.75, 3.05) is 6.61 Å². The van der Waals surface area contributed by atoms with Crippen LogP contribution >= 0.6 is 15.9 Å². The van der Waals surface area contributed by atoms with Crippen LogP contribution in [0.15, 0.2) is 27.2 Å². The zero-order valence-electron chi connectivity index (χ0n) is 10.1. The average molecular weight is 327 g/mol. The molecule has 1 saturated heterocycles. The SMILES string of the molecule is Fc1cc(-c2noc(C3CCCCO3)n2)ccc1Br. The average Bonchev–Trinajstić information content (AvgIpc) is 2.93. The Morgan fingerprint density at radius 1 is 1.32 bits per heavy atom. The Bertz CT molecular complexity index is 582. The molecule has 0 amide bonds. The molecule has 0 N–H and O–H groups in total.